The van der Waals surface area contributed by atoms with E-state index in [0.29, 0.717) is 44.3 Å². The third-order valence-corrected chi connectivity index (χ3v) is 3.99. The van der Waals surface area contributed by atoms with Gasteiger partial charge in [-0.25, -0.2) is 4.39 Å². The zero-order chi connectivity index (χ0) is 16.2. The van der Waals surface area contributed by atoms with Crippen LogP contribution in [0.4, 0.5) is 4.39 Å². The number of hydrogen-bond donors (Lipinski definition) is 1. The van der Waals surface area contributed by atoms with E-state index in [1.807, 2.05) is 11.0 Å². The zero-order valence-electron chi connectivity index (χ0n) is 13.0. The molecule has 1 aliphatic heterocycles. The van der Waals surface area contributed by atoms with E-state index >= 15 is 0 Å². The van der Waals surface area contributed by atoms with Gasteiger partial charge in [0.25, 0.3) is 0 Å². The molecule has 0 radical (unpaired) electrons. The molecule has 2 heterocycles. The van der Waals surface area contributed by atoms with E-state index in [2.05, 4.69) is 10.1 Å². The average molecular weight is 321 g/mol. The SMILES string of the molecule is COCCc1noc(CN2C[C@H](O)C[C@H]2c2cccc(F)c2)n1. The summed E-state index contributed by atoms with van der Waals surface area (Å²) in [7, 11) is 1.62. The van der Waals surface area contributed by atoms with Crippen molar-refractivity contribution in [3.8, 4) is 0 Å². The van der Waals surface area contributed by atoms with E-state index in [9.17, 15) is 9.50 Å². The van der Waals surface area contributed by atoms with Gasteiger partial charge in [0.2, 0.25) is 5.89 Å². The quantitative estimate of drug-likeness (QED) is 0.873. The number of methoxy groups -OCH3 is 1. The number of rotatable bonds is 6. The van der Waals surface area contributed by atoms with Gasteiger partial charge in [-0.2, -0.15) is 4.98 Å². The number of aliphatic hydroxyl groups is 1. The highest BCUT2D eigenvalue weighted by atomic mass is 19.1. The third-order valence-electron chi connectivity index (χ3n) is 3.99. The van der Waals surface area contributed by atoms with E-state index in [-0.39, 0.29) is 11.9 Å². The van der Waals surface area contributed by atoms with Crippen molar-refractivity contribution in [1.29, 1.82) is 0 Å². The van der Waals surface area contributed by atoms with Crippen molar-refractivity contribution < 1.29 is 18.8 Å². The summed E-state index contributed by atoms with van der Waals surface area (Å²) in [5, 5.41) is 13.9. The van der Waals surface area contributed by atoms with E-state index in [0.717, 1.165) is 5.56 Å². The lowest BCUT2D eigenvalue weighted by Crippen LogP contribution is -2.24. The Hall–Kier alpha value is -1.83. The van der Waals surface area contributed by atoms with Crippen LogP contribution in [0.1, 0.15) is 29.7 Å². The minimum Gasteiger partial charge on any atom is -0.392 e. The number of ether oxygens (including phenoxy) is 1. The van der Waals surface area contributed by atoms with Crippen molar-refractivity contribution >= 4 is 0 Å². The molecule has 2 aromatic rings. The first kappa shape index (κ1) is 16.0. The maximum atomic E-state index is 13.5. The van der Waals surface area contributed by atoms with Crippen molar-refractivity contribution in [2.45, 2.75) is 31.5 Å². The van der Waals surface area contributed by atoms with Gasteiger partial charge in [0.1, 0.15) is 5.82 Å². The Bertz CT molecular complexity index is 649. The van der Waals surface area contributed by atoms with Gasteiger partial charge in [-0.1, -0.05) is 17.3 Å². The molecule has 0 bridgehead atoms. The summed E-state index contributed by atoms with van der Waals surface area (Å²) in [5.41, 5.74) is 0.848. The van der Waals surface area contributed by atoms with Gasteiger partial charge in [-0.3, -0.25) is 4.90 Å². The molecule has 0 amide bonds. The smallest absolute Gasteiger partial charge is 0.240 e. The number of likely N-dealkylation sites (tertiary alicyclic amines) is 1. The number of halogens is 1. The number of β-amino-alcohol motifs (C(OH)–C–C–N with tert-alkyl or cyclic N) is 1. The minimum absolute atomic E-state index is 0.0602. The van der Waals surface area contributed by atoms with E-state index < -0.39 is 6.10 Å². The first-order valence-corrected chi connectivity index (χ1v) is 7.63. The van der Waals surface area contributed by atoms with Gasteiger partial charge in [-0.05, 0) is 24.1 Å². The van der Waals surface area contributed by atoms with Crippen LogP contribution in [-0.2, 0) is 17.7 Å². The molecule has 0 unspecified atom stereocenters. The molecule has 7 heteroatoms. The zero-order valence-corrected chi connectivity index (χ0v) is 13.0. The summed E-state index contributed by atoms with van der Waals surface area (Å²) in [6.45, 7) is 1.46. The lowest BCUT2D eigenvalue weighted by Gasteiger charge is -2.22. The van der Waals surface area contributed by atoms with Crippen LogP contribution in [0.5, 0.6) is 0 Å². The van der Waals surface area contributed by atoms with Crippen LogP contribution >= 0.6 is 0 Å². The van der Waals surface area contributed by atoms with Gasteiger partial charge >= 0.3 is 0 Å². The molecule has 1 N–H and O–H groups in total. The number of hydrogen-bond acceptors (Lipinski definition) is 6. The Balaban J connectivity index is 1.71. The molecule has 1 saturated heterocycles. The molecule has 2 atom stereocenters. The van der Waals surface area contributed by atoms with Gasteiger partial charge in [0.15, 0.2) is 5.82 Å². The molecular weight excluding hydrogens is 301 g/mol. The Kier molecular flexibility index (Phi) is 5.00. The van der Waals surface area contributed by atoms with Crippen LogP contribution in [0.15, 0.2) is 28.8 Å². The molecule has 0 aliphatic carbocycles. The van der Waals surface area contributed by atoms with Gasteiger partial charge < -0.3 is 14.4 Å². The predicted molar refractivity (Wildman–Crippen MR) is 80.1 cm³/mol. The predicted octanol–water partition coefficient (Wildman–Crippen LogP) is 1.71. The Morgan fingerprint density at radius 1 is 1.48 bits per heavy atom. The van der Waals surface area contributed by atoms with E-state index in [4.69, 9.17) is 9.26 Å². The second kappa shape index (κ2) is 7.16. The van der Waals surface area contributed by atoms with Crippen molar-refractivity contribution in [3.05, 3.63) is 47.4 Å². The molecule has 6 nitrogen and oxygen atoms in total. The summed E-state index contributed by atoms with van der Waals surface area (Å²) in [6, 6.07) is 6.42. The topological polar surface area (TPSA) is 71.6 Å². The average Bonchev–Trinajstić information content (AvgIpc) is 3.12. The molecule has 1 aromatic carbocycles. The Morgan fingerprint density at radius 3 is 3.13 bits per heavy atom. The highest BCUT2D eigenvalue weighted by Gasteiger charge is 2.33. The highest BCUT2D eigenvalue weighted by molar-refractivity contribution is 5.21. The van der Waals surface area contributed by atoms with Crippen LogP contribution in [-0.4, -0.2) is 46.5 Å². The summed E-state index contributed by atoms with van der Waals surface area (Å²) in [6.07, 6.45) is 0.712. The molecule has 3 rings (SSSR count). The molecular formula is C16H20FN3O3. The molecule has 124 valence electrons. The van der Waals surface area contributed by atoms with Crippen molar-refractivity contribution in [2.24, 2.45) is 0 Å². The maximum absolute atomic E-state index is 13.5. The maximum Gasteiger partial charge on any atom is 0.240 e. The lowest BCUT2D eigenvalue weighted by atomic mass is 10.0. The second-order valence-corrected chi connectivity index (χ2v) is 5.74. The molecule has 1 fully saturated rings. The molecule has 23 heavy (non-hydrogen) atoms. The summed E-state index contributed by atoms with van der Waals surface area (Å²) in [5.74, 6) is 0.819. The largest absolute Gasteiger partial charge is 0.392 e. The van der Waals surface area contributed by atoms with Crippen LogP contribution in [0.3, 0.4) is 0 Å². The van der Waals surface area contributed by atoms with Gasteiger partial charge in [0, 0.05) is 26.1 Å². The molecule has 0 saturated carbocycles. The number of nitrogens with zero attached hydrogens (tertiary/aromatic N) is 3. The van der Waals surface area contributed by atoms with Crippen LogP contribution < -0.4 is 0 Å². The van der Waals surface area contributed by atoms with Crippen LogP contribution in [0.2, 0.25) is 0 Å². The first-order valence-electron chi connectivity index (χ1n) is 7.63. The highest BCUT2D eigenvalue weighted by Crippen LogP contribution is 2.33. The van der Waals surface area contributed by atoms with Crippen LogP contribution in [0.25, 0.3) is 0 Å². The van der Waals surface area contributed by atoms with Crippen LogP contribution in [0, 0.1) is 5.82 Å². The molecule has 1 aliphatic rings. The van der Waals surface area contributed by atoms with E-state index in [1.54, 1.807) is 13.2 Å². The van der Waals surface area contributed by atoms with Crippen molar-refractivity contribution in [3.63, 3.8) is 0 Å². The summed E-state index contributed by atoms with van der Waals surface area (Å²) < 4.78 is 23.7. The number of benzene rings is 1. The fourth-order valence-electron chi connectivity index (χ4n) is 2.94. The lowest BCUT2D eigenvalue weighted by molar-refractivity contribution is 0.164. The first-order chi connectivity index (χ1) is 11.2. The van der Waals surface area contributed by atoms with Gasteiger partial charge in [0.05, 0.1) is 19.3 Å². The monoisotopic (exact) mass is 321 g/mol. The van der Waals surface area contributed by atoms with Crippen molar-refractivity contribution in [2.75, 3.05) is 20.3 Å². The van der Waals surface area contributed by atoms with Gasteiger partial charge in [-0.15, -0.1) is 0 Å². The third kappa shape index (κ3) is 3.93. The Morgan fingerprint density at radius 2 is 2.35 bits per heavy atom. The summed E-state index contributed by atoms with van der Waals surface area (Å²) >= 11 is 0. The molecule has 1 aromatic heterocycles. The number of aromatic nitrogens is 2. The Labute approximate surface area is 133 Å². The normalized spacial score (nSPS) is 21.9. The van der Waals surface area contributed by atoms with Crippen molar-refractivity contribution in [1.82, 2.24) is 15.0 Å². The number of aliphatic hydroxyl groups excluding tert-OH is 1. The van der Waals surface area contributed by atoms with E-state index in [1.165, 1.54) is 12.1 Å². The molecule has 0 spiro atoms. The summed E-state index contributed by atoms with van der Waals surface area (Å²) in [4.78, 5) is 6.36. The fourth-order valence-corrected chi connectivity index (χ4v) is 2.94. The standard InChI is InChI=1S/C16H20FN3O3/c1-22-6-5-15-18-16(23-19-15)10-20-9-13(21)8-14(20)11-3-2-4-12(17)7-11/h2-4,7,13-14,21H,5-6,8-10H2,1H3/t13-,14+/m1/s1. The second-order valence-electron chi connectivity index (χ2n) is 5.74. The fraction of sp³-hybridized carbons (Fsp3) is 0.500. The minimum atomic E-state index is -0.445.